The molecule has 154 valence electrons. The summed E-state index contributed by atoms with van der Waals surface area (Å²) in [7, 11) is 0. The summed E-state index contributed by atoms with van der Waals surface area (Å²) in [6.07, 6.45) is 4.20. The number of nitriles is 1. The number of ether oxygens (including phenoxy) is 3. The summed E-state index contributed by atoms with van der Waals surface area (Å²) in [5.74, 6) is -0.814. The molecule has 0 spiro atoms. The van der Waals surface area contributed by atoms with E-state index in [0.717, 1.165) is 0 Å². The number of hydrogen-bond donors (Lipinski definition) is 0. The Bertz CT molecular complexity index is 1020. The first kappa shape index (κ1) is 22.7. The van der Waals surface area contributed by atoms with Crippen molar-refractivity contribution in [2.45, 2.75) is 13.8 Å². The number of benzene rings is 2. The molecule has 0 saturated heterocycles. The van der Waals surface area contributed by atoms with E-state index in [2.05, 4.69) is 0 Å². The Hall–Kier alpha value is -3.56. The normalized spacial score (nSPS) is 11.1. The molecular formula is C23H20ClNO5. The molecule has 2 aromatic carbocycles. The molecule has 0 aliphatic heterocycles. The van der Waals surface area contributed by atoms with Gasteiger partial charge in [-0.1, -0.05) is 35.9 Å². The maximum Gasteiger partial charge on any atom is 0.348 e. The van der Waals surface area contributed by atoms with Gasteiger partial charge in [0.1, 0.15) is 11.6 Å². The van der Waals surface area contributed by atoms with Crippen LogP contribution >= 0.6 is 11.6 Å². The lowest BCUT2D eigenvalue weighted by atomic mass is 10.1. The van der Waals surface area contributed by atoms with E-state index in [-0.39, 0.29) is 17.9 Å². The molecule has 0 bridgehead atoms. The molecule has 2 rings (SSSR count). The number of nitrogens with zero attached hydrogens (tertiary/aromatic N) is 1. The standard InChI is InChI=1S/C23H20ClNO5/c1-3-28-21-14-16(13-18(15-25)23(27)29-4-2)9-11-20(21)30-22(26)12-10-17-7-5-6-8-19(17)24/h5-14H,3-4H2,1-2H3/b12-10+,18-13+. The summed E-state index contributed by atoms with van der Waals surface area (Å²) in [5.41, 5.74) is 1.06. The second kappa shape index (κ2) is 11.4. The maximum absolute atomic E-state index is 12.2. The zero-order valence-corrected chi connectivity index (χ0v) is 17.3. The molecule has 6 nitrogen and oxygen atoms in total. The number of esters is 2. The fourth-order valence-electron chi connectivity index (χ4n) is 2.39. The lowest BCUT2D eigenvalue weighted by molar-refractivity contribution is -0.138. The van der Waals surface area contributed by atoms with Crippen molar-refractivity contribution in [3.05, 3.63) is 70.3 Å². The van der Waals surface area contributed by atoms with Crippen LogP contribution in [0.25, 0.3) is 12.2 Å². The van der Waals surface area contributed by atoms with Crippen LogP contribution in [-0.2, 0) is 14.3 Å². The highest BCUT2D eigenvalue weighted by molar-refractivity contribution is 6.32. The van der Waals surface area contributed by atoms with Gasteiger partial charge in [-0.3, -0.25) is 0 Å². The quantitative estimate of drug-likeness (QED) is 0.260. The maximum atomic E-state index is 12.2. The van der Waals surface area contributed by atoms with E-state index < -0.39 is 11.9 Å². The molecule has 0 saturated carbocycles. The smallest absolute Gasteiger partial charge is 0.348 e. The lowest BCUT2D eigenvalue weighted by Crippen LogP contribution is -2.07. The number of rotatable bonds is 8. The first-order valence-electron chi connectivity index (χ1n) is 9.18. The average molecular weight is 426 g/mol. The van der Waals surface area contributed by atoms with Crippen LogP contribution < -0.4 is 9.47 Å². The topological polar surface area (TPSA) is 85.6 Å². The van der Waals surface area contributed by atoms with Crippen molar-refractivity contribution in [3.63, 3.8) is 0 Å². The summed E-state index contributed by atoms with van der Waals surface area (Å²) < 4.78 is 15.7. The van der Waals surface area contributed by atoms with Crippen molar-refractivity contribution >= 4 is 35.7 Å². The number of halogens is 1. The Labute approximate surface area is 179 Å². The summed E-state index contributed by atoms with van der Waals surface area (Å²) in [4.78, 5) is 24.0. The number of carbonyl (C=O) groups excluding carboxylic acids is 2. The summed E-state index contributed by atoms with van der Waals surface area (Å²) in [6.45, 7) is 3.93. The molecule has 30 heavy (non-hydrogen) atoms. The van der Waals surface area contributed by atoms with Crippen molar-refractivity contribution in [2.75, 3.05) is 13.2 Å². The van der Waals surface area contributed by atoms with E-state index in [9.17, 15) is 9.59 Å². The van der Waals surface area contributed by atoms with Gasteiger partial charge in [-0.2, -0.15) is 5.26 Å². The summed E-state index contributed by atoms with van der Waals surface area (Å²) in [6, 6.07) is 13.6. The molecule has 0 N–H and O–H groups in total. The van der Waals surface area contributed by atoms with E-state index in [1.54, 1.807) is 50.3 Å². The van der Waals surface area contributed by atoms with E-state index in [4.69, 9.17) is 31.1 Å². The van der Waals surface area contributed by atoms with E-state index in [1.807, 2.05) is 12.1 Å². The Morgan fingerprint density at radius 1 is 1.10 bits per heavy atom. The van der Waals surface area contributed by atoms with Crippen molar-refractivity contribution in [3.8, 4) is 17.6 Å². The van der Waals surface area contributed by atoms with E-state index in [0.29, 0.717) is 28.5 Å². The van der Waals surface area contributed by atoms with Gasteiger partial charge in [0, 0.05) is 11.1 Å². The van der Waals surface area contributed by atoms with Gasteiger partial charge in [0.25, 0.3) is 0 Å². The molecule has 0 atom stereocenters. The highest BCUT2D eigenvalue weighted by Crippen LogP contribution is 2.30. The van der Waals surface area contributed by atoms with Gasteiger partial charge in [-0.05, 0) is 55.3 Å². The molecule has 0 fully saturated rings. The summed E-state index contributed by atoms with van der Waals surface area (Å²) in [5, 5.41) is 9.68. The zero-order chi connectivity index (χ0) is 21.9. The Balaban J connectivity index is 2.22. The first-order valence-corrected chi connectivity index (χ1v) is 9.56. The van der Waals surface area contributed by atoms with Crippen LogP contribution in [0, 0.1) is 11.3 Å². The number of hydrogen-bond acceptors (Lipinski definition) is 6. The molecular weight excluding hydrogens is 406 g/mol. The second-order valence-electron chi connectivity index (χ2n) is 5.81. The second-order valence-corrected chi connectivity index (χ2v) is 6.21. The highest BCUT2D eigenvalue weighted by atomic mass is 35.5. The van der Waals surface area contributed by atoms with Crippen molar-refractivity contribution in [1.82, 2.24) is 0 Å². The third kappa shape index (κ3) is 6.50. The van der Waals surface area contributed by atoms with Crippen LogP contribution in [0.4, 0.5) is 0 Å². The SMILES string of the molecule is CCOC(=O)/C(C#N)=C/c1ccc(OC(=O)/C=C/c2ccccc2Cl)c(OCC)c1. The molecule has 2 aromatic rings. The van der Waals surface area contributed by atoms with Gasteiger partial charge in [0.05, 0.1) is 13.2 Å². The van der Waals surface area contributed by atoms with Crippen LogP contribution in [0.15, 0.2) is 54.1 Å². The fraction of sp³-hybridized carbons (Fsp3) is 0.174. The molecule has 7 heteroatoms. The van der Waals surface area contributed by atoms with Crippen molar-refractivity contribution in [2.24, 2.45) is 0 Å². The van der Waals surface area contributed by atoms with Gasteiger partial charge in [0.15, 0.2) is 11.5 Å². The molecule has 0 heterocycles. The molecule has 0 amide bonds. The van der Waals surface area contributed by atoms with Gasteiger partial charge in [-0.25, -0.2) is 9.59 Å². The predicted molar refractivity (Wildman–Crippen MR) is 114 cm³/mol. The van der Waals surface area contributed by atoms with E-state index >= 15 is 0 Å². The number of carbonyl (C=O) groups is 2. The third-order valence-corrected chi connectivity index (χ3v) is 4.05. The van der Waals surface area contributed by atoms with Crippen LogP contribution in [-0.4, -0.2) is 25.2 Å². The first-order chi connectivity index (χ1) is 14.5. The monoisotopic (exact) mass is 425 g/mol. The van der Waals surface area contributed by atoms with Crippen LogP contribution in [0.2, 0.25) is 5.02 Å². The Morgan fingerprint density at radius 2 is 1.87 bits per heavy atom. The lowest BCUT2D eigenvalue weighted by Gasteiger charge is -2.10. The molecule has 0 unspecified atom stereocenters. The fourth-order valence-corrected chi connectivity index (χ4v) is 2.59. The van der Waals surface area contributed by atoms with E-state index in [1.165, 1.54) is 18.2 Å². The molecule has 0 aliphatic carbocycles. The largest absolute Gasteiger partial charge is 0.490 e. The Kier molecular flexibility index (Phi) is 8.67. The average Bonchev–Trinajstić information content (AvgIpc) is 2.73. The van der Waals surface area contributed by atoms with Gasteiger partial charge in [-0.15, -0.1) is 0 Å². The predicted octanol–water partition coefficient (Wildman–Crippen LogP) is 4.83. The Morgan fingerprint density at radius 3 is 2.53 bits per heavy atom. The highest BCUT2D eigenvalue weighted by Gasteiger charge is 2.13. The minimum atomic E-state index is -0.710. The van der Waals surface area contributed by atoms with Crippen molar-refractivity contribution in [1.29, 1.82) is 5.26 Å². The minimum absolute atomic E-state index is 0.147. The van der Waals surface area contributed by atoms with Crippen molar-refractivity contribution < 1.29 is 23.8 Å². The van der Waals surface area contributed by atoms with Crippen LogP contribution in [0.1, 0.15) is 25.0 Å². The molecule has 0 aromatic heterocycles. The minimum Gasteiger partial charge on any atom is -0.490 e. The van der Waals surface area contributed by atoms with Gasteiger partial charge in [0.2, 0.25) is 0 Å². The molecule has 0 aliphatic rings. The summed E-state index contributed by atoms with van der Waals surface area (Å²) >= 11 is 6.06. The third-order valence-electron chi connectivity index (χ3n) is 3.71. The zero-order valence-electron chi connectivity index (χ0n) is 16.6. The van der Waals surface area contributed by atoms with Gasteiger partial charge >= 0.3 is 11.9 Å². The van der Waals surface area contributed by atoms with Crippen LogP contribution in [0.5, 0.6) is 11.5 Å². The van der Waals surface area contributed by atoms with Crippen LogP contribution in [0.3, 0.4) is 0 Å². The molecule has 0 radical (unpaired) electrons. The van der Waals surface area contributed by atoms with Gasteiger partial charge < -0.3 is 14.2 Å².